The second kappa shape index (κ2) is 11.0. The fraction of sp³-hybridized carbons (Fsp3) is 0.577. The largest absolute Gasteiger partial charge is 0.390 e. The zero-order chi connectivity index (χ0) is 29.1. The van der Waals surface area contributed by atoms with Crippen molar-refractivity contribution in [1.82, 2.24) is 20.9 Å². The van der Waals surface area contributed by atoms with Gasteiger partial charge in [0.15, 0.2) is 0 Å². The maximum absolute atomic E-state index is 14.2. The van der Waals surface area contributed by atoms with Crippen LogP contribution in [0, 0.1) is 11.8 Å². The number of rotatable bonds is 7. The number of thiophene rings is 1. The number of fused-ring (bicyclic) bond motifs is 3. The lowest BCUT2D eigenvalue weighted by molar-refractivity contribution is -0.185. The highest BCUT2D eigenvalue weighted by molar-refractivity contribution is 7.32. The Kier molecular flexibility index (Phi) is 7.66. The molecule has 0 spiro atoms. The number of amides is 3. The van der Waals surface area contributed by atoms with Gasteiger partial charge in [-0.25, -0.2) is 4.52 Å². The monoisotopic (exact) mass is 612 g/mol. The molecule has 6 rings (SSSR count). The Balaban J connectivity index is 1.19. The number of carbonyl (C=O) groups excluding carboxylic acids is 3. The van der Waals surface area contributed by atoms with Gasteiger partial charge < -0.3 is 30.9 Å². The summed E-state index contributed by atoms with van der Waals surface area (Å²) in [6.07, 6.45) is -1.23. The van der Waals surface area contributed by atoms with Crippen molar-refractivity contribution in [3.63, 3.8) is 0 Å². The van der Waals surface area contributed by atoms with E-state index in [0.717, 1.165) is 36.3 Å². The van der Waals surface area contributed by atoms with E-state index in [0.29, 0.717) is 54.3 Å². The topological polar surface area (TPSA) is 157 Å². The summed E-state index contributed by atoms with van der Waals surface area (Å²) in [5.41, 5.74) is -0.623. The van der Waals surface area contributed by atoms with Crippen LogP contribution in [-0.4, -0.2) is 76.0 Å². The Hall–Kier alpha value is -2.48. The van der Waals surface area contributed by atoms with Gasteiger partial charge in [0.25, 0.3) is 5.91 Å². The molecule has 2 aromatic rings. The van der Waals surface area contributed by atoms with Gasteiger partial charge in [-0.15, -0.1) is 11.3 Å². The molecule has 222 valence electrons. The molecule has 1 aliphatic carbocycles. The second-order valence-corrected chi connectivity index (χ2v) is 13.2. The number of nitrogens with one attached hydrogen (secondary N) is 3. The molecular formula is C26H31F2N4O7PS. The lowest BCUT2D eigenvalue weighted by Crippen LogP contribution is -2.58. The maximum atomic E-state index is 14.2. The van der Waals surface area contributed by atoms with Gasteiger partial charge in [-0.3, -0.25) is 18.9 Å². The number of aliphatic hydroxyl groups is 1. The van der Waals surface area contributed by atoms with Gasteiger partial charge in [-0.1, -0.05) is 0 Å². The van der Waals surface area contributed by atoms with E-state index in [1.807, 2.05) is 0 Å². The molecule has 1 saturated carbocycles. The average Bonchev–Trinajstić information content (AvgIpc) is 3.24. The number of benzene rings is 1. The molecule has 1 unspecified atom stereocenters. The minimum absolute atomic E-state index is 0.0962. The van der Waals surface area contributed by atoms with Crippen LogP contribution in [0.2, 0.25) is 0 Å². The molecule has 3 aliphatic heterocycles. The van der Waals surface area contributed by atoms with Crippen LogP contribution in [0.5, 0.6) is 0 Å². The van der Waals surface area contributed by atoms with Gasteiger partial charge in [0, 0.05) is 23.8 Å². The number of β-amino-alcohol motifs (C(OH)–C–C–N with tert-alkyl or cyclic N) is 1. The predicted molar refractivity (Wildman–Crippen MR) is 145 cm³/mol. The van der Waals surface area contributed by atoms with E-state index in [9.17, 15) is 32.8 Å². The second-order valence-electron chi connectivity index (χ2n) is 11.3. The highest BCUT2D eigenvalue weighted by atomic mass is 32.1. The van der Waals surface area contributed by atoms with Gasteiger partial charge in [0.2, 0.25) is 11.8 Å². The fourth-order valence-electron chi connectivity index (χ4n) is 6.47. The number of aliphatic hydroxyl groups excluding tert-OH is 1. The molecule has 41 heavy (non-hydrogen) atoms. The summed E-state index contributed by atoms with van der Waals surface area (Å²) in [5.74, 6) is -0.400. The van der Waals surface area contributed by atoms with Crippen LogP contribution in [0.1, 0.15) is 47.3 Å². The van der Waals surface area contributed by atoms with Gasteiger partial charge in [-0.05, 0) is 73.6 Å². The first-order valence-electron chi connectivity index (χ1n) is 13.7. The van der Waals surface area contributed by atoms with Crippen LogP contribution < -0.4 is 16.0 Å². The van der Waals surface area contributed by atoms with Crippen LogP contribution in [0.3, 0.4) is 0 Å². The molecular weight excluding hydrogens is 581 g/mol. The van der Waals surface area contributed by atoms with Crippen molar-refractivity contribution < 1.29 is 42.3 Å². The Bertz CT molecular complexity index is 1410. The number of nitrogens with zero attached hydrogens (tertiary/aromatic N) is 1. The molecule has 3 amide bonds. The third kappa shape index (κ3) is 5.78. The van der Waals surface area contributed by atoms with Crippen LogP contribution >= 0.6 is 19.6 Å². The van der Waals surface area contributed by atoms with E-state index in [1.165, 1.54) is 12.1 Å². The van der Waals surface area contributed by atoms with E-state index in [-0.39, 0.29) is 22.7 Å². The number of alkyl halides is 2. The minimum Gasteiger partial charge on any atom is -0.390 e. The van der Waals surface area contributed by atoms with Crippen molar-refractivity contribution >= 4 is 47.4 Å². The summed E-state index contributed by atoms with van der Waals surface area (Å²) in [5, 5.41) is 19.2. The third-order valence-corrected chi connectivity index (χ3v) is 10.2. The number of hydrogen-bond acceptors (Lipinski definition) is 8. The smallest absolute Gasteiger partial charge is 0.389 e. The Labute approximate surface area is 238 Å². The molecule has 5 N–H and O–H groups in total. The Morgan fingerprint density at radius 1 is 1.12 bits per heavy atom. The van der Waals surface area contributed by atoms with Crippen molar-refractivity contribution in [1.29, 1.82) is 0 Å². The maximum Gasteiger partial charge on any atom is 0.389 e. The van der Waals surface area contributed by atoms with Crippen LogP contribution in [0.4, 0.5) is 8.78 Å². The van der Waals surface area contributed by atoms with E-state index in [4.69, 9.17) is 4.89 Å². The first kappa shape index (κ1) is 28.6. The Morgan fingerprint density at radius 2 is 1.90 bits per heavy atom. The van der Waals surface area contributed by atoms with E-state index in [2.05, 4.69) is 20.5 Å². The molecule has 1 aromatic carbocycles. The minimum atomic E-state index is -3.98. The first-order valence-corrected chi connectivity index (χ1v) is 15.7. The molecule has 4 aliphatic rings. The normalized spacial score (nSPS) is 32.1. The third-order valence-electron chi connectivity index (χ3n) is 8.65. The molecule has 15 heteroatoms. The fourth-order valence-corrected chi connectivity index (χ4v) is 7.76. The lowest BCUT2D eigenvalue weighted by Gasteiger charge is -2.35. The van der Waals surface area contributed by atoms with Crippen molar-refractivity contribution in [2.45, 2.75) is 68.5 Å². The summed E-state index contributed by atoms with van der Waals surface area (Å²) in [6.45, 7) is 0.834. The summed E-state index contributed by atoms with van der Waals surface area (Å²) >= 11 is 1.07. The summed E-state index contributed by atoms with van der Waals surface area (Å²) in [6, 6.07) is 2.92. The van der Waals surface area contributed by atoms with Crippen LogP contribution in [0.25, 0.3) is 10.1 Å². The van der Waals surface area contributed by atoms with Crippen LogP contribution in [-0.2, 0) is 24.8 Å². The zero-order valence-electron chi connectivity index (χ0n) is 21.8. The summed E-state index contributed by atoms with van der Waals surface area (Å²) < 4.78 is 43.6. The highest BCUT2D eigenvalue weighted by Crippen LogP contribution is 2.49. The molecule has 4 heterocycles. The molecule has 0 bridgehead atoms. The number of carbonyl (C=O) groups is 3. The average molecular weight is 613 g/mol. The first-order chi connectivity index (χ1) is 19.5. The number of halogens is 2. The molecule has 4 fully saturated rings. The van der Waals surface area contributed by atoms with Crippen molar-refractivity contribution in [2.24, 2.45) is 11.8 Å². The standard InChI is InChI=1S/C26H31F2N4O7PS/c27-26(28,39-40(37)38)15-1-4-21-14(6-15)9-22(41-21)24(35)30-17-8-13-5-12(13)7-16-2-3-19(32(16)25(17)36)23(34)31-18-10-29-11-20(18)33/h1,4,6,9,12-13,16-20,29,33,40H,2-3,5,7-8,10-11H2,(H,30,35)(H,31,34)(H,37,38)/t12-,13+,16-,17+,18+,19+,20+/m1/s1. The zero-order valence-corrected chi connectivity index (χ0v) is 23.7. The predicted octanol–water partition coefficient (Wildman–Crippen LogP) is 1.69. The quantitative estimate of drug-likeness (QED) is 0.296. The molecule has 0 radical (unpaired) electrons. The van der Waals surface area contributed by atoms with Gasteiger partial charge in [0.1, 0.15) is 12.1 Å². The lowest BCUT2D eigenvalue weighted by atomic mass is 9.99. The molecule has 8 atom stereocenters. The van der Waals surface area contributed by atoms with Gasteiger partial charge in [-0.2, -0.15) is 8.78 Å². The highest BCUT2D eigenvalue weighted by Gasteiger charge is 2.51. The summed E-state index contributed by atoms with van der Waals surface area (Å²) in [4.78, 5) is 51.0. The van der Waals surface area contributed by atoms with E-state index >= 15 is 0 Å². The van der Waals surface area contributed by atoms with Crippen molar-refractivity contribution in [3.05, 3.63) is 34.7 Å². The van der Waals surface area contributed by atoms with Gasteiger partial charge in [0.05, 0.1) is 22.6 Å². The Morgan fingerprint density at radius 3 is 2.63 bits per heavy atom. The molecule has 1 aromatic heterocycles. The molecule has 3 saturated heterocycles. The van der Waals surface area contributed by atoms with E-state index in [1.54, 1.807) is 4.90 Å². The van der Waals surface area contributed by atoms with Crippen molar-refractivity contribution in [3.8, 4) is 0 Å². The number of hydrogen-bond donors (Lipinski definition) is 5. The summed E-state index contributed by atoms with van der Waals surface area (Å²) in [7, 11) is -3.89. The molecule has 11 nitrogen and oxygen atoms in total. The van der Waals surface area contributed by atoms with Crippen LogP contribution in [0.15, 0.2) is 24.3 Å². The van der Waals surface area contributed by atoms with Crippen molar-refractivity contribution in [2.75, 3.05) is 13.1 Å². The van der Waals surface area contributed by atoms with Gasteiger partial charge >= 0.3 is 14.4 Å². The van der Waals surface area contributed by atoms with E-state index < -0.39 is 50.1 Å². The SMILES string of the molecule is O=C(N[C@H]1C[C@@H]2C[C@@H]2C[C@H]2CC[C@@H](C(=O)N[C@H]3CNC[C@@H]3O)N2C1=O)c1cc2cc(C(F)(F)O[PH](=O)O)ccc2s1.